The Labute approximate surface area is 507 Å². The van der Waals surface area contributed by atoms with E-state index in [9.17, 15) is 0 Å². The molecule has 0 spiro atoms. The van der Waals surface area contributed by atoms with Crippen molar-refractivity contribution in [1.29, 1.82) is 0 Å². The highest BCUT2D eigenvalue weighted by Crippen LogP contribution is 2.48. The molecule has 0 bridgehead atoms. The molecule has 1 aliphatic heterocycles. The molecule has 0 aliphatic carbocycles. The molecule has 414 valence electrons. The molecule has 14 aromatic carbocycles. The maximum Gasteiger partial charge on any atom is 0.155 e. The topological polar surface area (TPSA) is 6.48 Å². The highest BCUT2D eigenvalue weighted by atomic mass is 28.3. The van der Waals surface area contributed by atoms with E-state index >= 15 is 8.78 Å². The van der Waals surface area contributed by atoms with Crippen LogP contribution in [0.25, 0.3) is 99.4 Å². The Morgan fingerprint density at radius 2 is 0.632 bits per heavy atom. The third-order valence-corrected chi connectivity index (χ3v) is 21.1. The highest BCUT2D eigenvalue weighted by Gasteiger charge is 2.37. The molecule has 0 fully saturated rings. The summed E-state index contributed by atoms with van der Waals surface area (Å²) < 4.78 is 36.2. The first-order valence-corrected chi connectivity index (χ1v) is 32.7. The van der Waals surface area contributed by atoms with Crippen LogP contribution < -0.4 is 20.2 Å². The van der Waals surface area contributed by atoms with Crippen molar-refractivity contribution in [3.8, 4) is 77.9 Å². The van der Waals surface area contributed by atoms with E-state index in [4.69, 9.17) is 0 Å². The average molecular weight is 1140 g/mol. The molecule has 0 saturated heterocycles. The molecule has 0 saturated carbocycles. The summed E-state index contributed by atoms with van der Waals surface area (Å²) in [6, 6.07) is 109. The van der Waals surface area contributed by atoms with Crippen LogP contribution in [0.2, 0.25) is 13.1 Å². The average Bonchev–Trinajstić information content (AvgIpc) is 0.789. The second-order valence-electron chi connectivity index (χ2n) is 23.1. The summed E-state index contributed by atoms with van der Waals surface area (Å²) in [6.07, 6.45) is 0. The summed E-state index contributed by atoms with van der Waals surface area (Å²) >= 11 is 0. The zero-order valence-corrected chi connectivity index (χ0v) is 49.2. The molecule has 0 amide bonds. The number of fused-ring (bicyclic) bond motifs is 4. The van der Waals surface area contributed by atoms with Crippen LogP contribution in [-0.2, 0) is 0 Å². The van der Waals surface area contributed by atoms with Crippen LogP contribution in [0, 0.1) is 11.6 Å². The quantitative estimate of drug-likeness (QED) is 0.0889. The number of hydrogen-bond acceptors (Lipinski definition) is 2. The van der Waals surface area contributed by atoms with Crippen LogP contribution in [0.15, 0.2) is 315 Å². The monoisotopic (exact) mass is 1140 g/mol. The Morgan fingerprint density at radius 1 is 0.253 bits per heavy atom. The lowest BCUT2D eigenvalue weighted by molar-refractivity contribution is 0.632. The van der Waals surface area contributed by atoms with Gasteiger partial charge >= 0.3 is 0 Å². The minimum atomic E-state index is -2.56. The lowest BCUT2D eigenvalue weighted by atomic mass is 9.91. The zero-order valence-electron chi connectivity index (χ0n) is 48.2. The van der Waals surface area contributed by atoms with Crippen LogP contribution in [0.1, 0.15) is 0 Å². The van der Waals surface area contributed by atoms with Gasteiger partial charge in [-0.15, -0.1) is 0 Å². The van der Waals surface area contributed by atoms with Crippen LogP contribution >= 0.6 is 0 Å². The van der Waals surface area contributed by atoms with E-state index in [1.54, 1.807) is 0 Å². The van der Waals surface area contributed by atoms with Crippen molar-refractivity contribution in [2.24, 2.45) is 0 Å². The van der Waals surface area contributed by atoms with Gasteiger partial charge in [0.25, 0.3) is 0 Å². The van der Waals surface area contributed by atoms with E-state index in [0.29, 0.717) is 22.5 Å². The predicted molar refractivity (Wildman–Crippen MR) is 366 cm³/mol. The summed E-state index contributed by atoms with van der Waals surface area (Å²) in [5.74, 6) is -0.603. The van der Waals surface area contributed by atoms with Gasteiger partial charge in [0.2, 0.25) is 0 Å². The summed E-state index contributed by atoms with van der Waals surface area (Å²) in [7, 11) is -2.56. The lowest BCUT2D eigenvalue weighted by Crippen LogP contribution is -2.56. The third kappa shape index (κ3) is 9.59. The molecule has 1 aliphatic rings. The molecule has 2 nitrogen and oxygen atoms in total. The van der Waals surface area contributed by atoms with Gasteiger partial charge in [-0.25, -0.2) is 8.78 Å². The van der Waals surface area contributed by atoms with Gasteiger partial charge in [-0.3, -0.25) is 0 Å². The Hall–Kier alpha value is -10.7. The number of rotatable bonds is 12. The van der Waals surface area contributed by atoms with Crippen molar-refractivity contribution in [3.63, 3.8) is 0 Å². The minimum absolute atomic E-state index is 0.297. The van der Waals surface area contributed by atoms with Crippen molar-refractivity contribution in [2.75, 3.05) is 9.80 Å². The second kappa shape index (κ2) is 22.0. The number of hydrogen-bond donors (Lipinski definition) is 0. The van der Waals surface area contributed by atoms with Crippen molar-refractivity contribution in [1.82, 2.24) is 0 Å². The molecule has 15 rings (SSSR count). The van der Waals surface area contributed by atoms with E-state index in [1.165, 1.54) is 26.9 Å². The summed E-state index contributed by atoms with van der Waals surface area (Å²) in [5.41, 5.74) is 17.6. The molecular formula is C82H58F2N2Si. The van der Waals surface area contributed by atoms with Gasteiger partial charge in [0.05, 0.1) is 11.4 Å². The molecule has 5 heteroatoms. The molecular weight excluding hydrogens is 1080 g/mol. The molecule has 1 heterocycles. The first kappa shape index (κ1) is 53.0. The summed E-state index contributed by atoms with van der Waals surface area (Å²) in [4.78, 5) is 4.21. The van der Waals surface area contributed by atoms with Crippen molar-refractivity contribution >= 4 is 74.1 Å². The Kier molecular flexibility index (Phi) is 13.4. The number of anilines is 6. The SMILES string of the molecule is C[Si]1(C)c2cc(N(c3ccc(-c4ccccc4)cc3)c3cc(-c4ccccc4)cc(-c4ccccc4)c3F)ccc2-c2cc3ccc(N(c4ccc(-c5ccccc5)cc4)c4cc(-c5ccccc5)cc(-c5ccccc5)c4F)cc3c3cccc1c23. The van der Waals surface area contributed by atoms with E-state index in [2.05, 4.69) is 205 Å². The fourth-order valence-electron chi connectivity index (χ4n) is 13.2. The first-order chi connectivity index (χ1) is 42.7. The van der Waals surface area contributed by atoms with Crippen molar-refractivity contribution in [3.05, 3.63) is 327 Å². The van der Waals surface area contributed by atoms with E-state index in [-0.39, 0.29) is 11.6 Å². The maximum atomic E-state index is 18.1. The number of benzene rings is 14. The molecule has 0 N–H and O–H groups in total. The van der Waals surface area contributed by atoms with Gasteiger partial charge in [-0.2, -0.15) is 0 Å². The van der Waals surface area contributed by atoms with Gasteiger partial charge in [0, 0.05) is 33.9 Å². The molecule has 0 unspecified atom stereocenters. The molecule has 0 radical (unpaired) electrons. The van der Waals surface area contributed by atoms with Gasteiger partial charge in [-0.05, 0) is 178 Å². The Morgan fingerprint density at radius 3 is 1.08 bits per heavy atom. The van der Waals surface area contributed by atoms with Crippen molar-refractivity contribution in [2.45, 2.75) is 13.1 Å². The van der Waals surface area contributed by atoms with Crippen LogP contribution in [0.4, 0.5) is 42.9 Å². The summed E-state index contributed by atoms with van der Waals surface area (Å²) in [6.45, 7) is 4.90. The van der Waals surface area contributed by atoms with Crippen molar-refractivity contribution < 1.29 is 8.78 Å². The van der Waals surface area contributed by atoms with E-state index in [1.807, 2.05) is 133 Å². The van der Waals surface area contributed by atoms with Gasteiger partial charge in [0.1, 0.15) is 8.07 Å². The molecule has 0 atom stereocenters. The lowest BCUT2D eigenvalue weighted by Gasteiger charge is -2.36. The molecule has 87 heavy (non-hydrogen) atoms. The third-order valence-electron chi connectivity index (χ3n) is 17.6. The van der Waals surface area contributed by atoms with E-state index < -0.39 is 8.07 Å². The van der Waals surface area contributed by atoms with Crippen LogP contribution in [0.5, 0.6) is 0 Å². The van der Waals surface area contributed by atoms with Crippen LogP contribution in [0.3, 0.4) is 0 Å². The first-order valence-electron chi connectivity index (χ1n) is 29.7. The molecule has 0 aromatic heterocycles. The normalized spacial score (nSPS) is 12.2. The largest absolute Gasteiger partial charge is 0.308 e. The summed E-state index contributed by atoms with van der Waals surface area (Å²) in [5, 5.41) is 7.15. The standard InChI is InChI=1S/C82H58F2N2Si/c1-87(2)78-35-21-34-71-72-53-68(85(66-41-36-59(37-42-66)55-22-9-3-10-23-55)76-51-64(57-26-13-5-14-27-57)49-73(81(76)83)61-30-17-7-18-31-61)45-40-63(72)48-75(80(71)78)70-47-46-69(54-79(70)87)86(67-43-38-60(39-44-67)56-24-11-4-12-25-56)77-52-65(58-28-15-6-16-29-58)50-74(82(77)84)62-32-19-8-20-33-62/h3-54H,1-2H3. The smallest absolute Gasteiger partial charge is 0.155 e. The maximum absolute atomic E-state index is 18.1. The van der Waals surface area contributed by atoms with Gasteiger partial charge < -0.3 is 9.80 Å². The Bertz CT molecular complexity index is 4870. The second-order valence-corrected chi connectivity index (χ2v) is 27.4. The van der Waals surface area contributed by atoms with Gasteiger partial charge in [0.15, 0.2) is 11.6 Å². The number of halogens is 2. The number of nitrogens with zero attached hydrogens (tertiary/aromatic N) is 2. The fourth-order valence-corrected chi connectivity index (χ4v) is 16.3. The minimum Gasteiger partial charge on any atom is -0.308 e. The van der Waals surface area contributed by atoms with Gasteiger partial charge in [-0.1, -0.05) is 250 Å². The highest BCUT2D eigenvalue weighted by molar-refractivity contribution is 7.03. The predicted octanol–water partition coefficient (Wildman–Crippen LogP) is 22.0. The molecule has 14 aromatic rings. The Balaban J connectivity index is 0.908. The van der Waals surface area contributed by atoms with E-state index in [0.717, 1.165) is 94.5 Å². The fraction of sp³-hybridized carbons (Fsp3) is 0.0244. The zero-order chi connectivity index (χ0) is 58.6. The van der Waals surface area contributed by atoms with Crippen LogP contribution in [-0.4, -0.2) is 8.07 Å².